The van der Waals surface area contributed by atoms with Crippen molar-refractivity contribution in [2.75, 3.05) is 33.9 Å². The van der Waals surface area contributed by atoms with Gasteiger partial charge in [0.15, 0.2) is 11.5 Å². The van der Waals surface area contributed by atoms with Gasteiger partial charge in [-0.3, -0.25) is 4.79 Å². The quantitative estimate of drug-likeness (QED) is 0.903. The Morgan fingerprint density at radius 1 is 1.17 bits per heavy atom. The van der Waals surface area contributed by atoms with Crippen molar-refractivity contribution in [2.45, 2.75) is 31.7 Å². The molecule has 0 spiro atoms. The molecule has 2 aliphatic heterocycles. The standard InChI is InChI=1S/C18H26N2O3.ClH/c1-22-16-7-3-5-14(17(16)23-2)18(21)20-11-8-13(9-12-20)15-6-4-10-19-15;/h3,5,7,13,15,19H,4,6,8-12H2,1-2H3;1H. The largest absolute Gasteiger partial charge is 0.493 e. The summed E-state index contributed by atoms with van der Waals surface area (Å²) < 4.78 is 10.7. The zero-order valence-electron chi connectivity index (χ0n) is 14.4. The molecule has 1 aromatic rings. The normalized spacial score (nSPS) is 21.2. The number of ether oxygens (including phenoxy) is 2. The molecule has 24 heavy (non-hydrogen) atoms. The van der Waals surface area contributed by atoms with Crippen LogP contribution in [0, 0.1) is 5.92 Å². The lowest BCUT2D eigenvalue weighted by Crippen LogP contribution is -2.43. The van der Waals surface area contributed by atoms with Gasteiger partial charge in [0.25, 0.3) is 5.91 Å². The maximum atomic E-state index is 12.9. The summed E-state index contributed by atoms with van der Waals surface area (Å²) in [6, 6.07) is 6.12. The fraction of sp³-hybridized carbons (Fsp3) is 0.611. The van der Waals surface area contributed by atoms with Crippen LogP contribution in [0.4, 0.5) is 0 Å². The van der Waals surface area contributed by atoms with E-state index in [-0.39, 0.29) is 18.3 Å². The summed E-state index contributed by atoms with van der Waals surface area (Å²) in [5, 5.41) is 3.60. The molecule has 2 heterocycles. The van der Waals surface area contributed by atoms with Gasteiger partial charge in [0.1, 0.15) is 0 Å². The number of piperidine rings is 1. The van der Waals surface area contributed by atoms with E-state index in [2.05, 4.69) is 5.32 Å². The molecule has 1 aromatic carbocycles. The maximum absolute atomic E-state index is 12.9. The molecule has 0 aromatic heterocycles. The lowest BCUT2D eigenvalue weighted by Gasteiger charge is -2.35. The molecular weight excluding hydrogens is 328 g/mol. The number of amides is 1. The molecule has 0 bridgehead atoms. The highest BCUT2D eigenvalue weighted by atomic mass is 35.5. The van der Waals surface area contributed by atoms with Crippen molar-refractivity contribution in [3.05, 3.63) is 23.8 Å². The average molecular weight is 355 g/mol. The first-order valence-electron chi connectivity index (χ1n) is 8.48. The Hall–Kier alpha value is -1.46. The highest BCUT2D eigenvalue weighted by Gasteiger charge is 2.31. The summed E-state index contributed by atoms with van der Waals surface area (Å²) in [7, 11) is 3.17. The fourth-order valence-corrected chi connectivity index (χ4v) is 3.84. The van der Waals surface area contributed by atoms with E-state index in [1.54, 1.807) is 14.2 Å². The van der Waals surface area contributed by atoms with Crippen LogP contribution in [0.3, 0.4) is 0 Å². The predicted molar refractivity (Wildman–Crippen MR) is 96.4 cm³/mol. The smallest absolute Gasteiger partial charge is 0.257 e. The number of nitrogens with zero attached hydrogens (tertiary/aromatic N) is 1. The van der Waals surface area contributed by atoms with E-state index in [1.807, 2.05) is 23.1 Å². The van der Waals surface area contributed by atoms with Gasteiger partial charge in [0.05, 0.1) is 19.8 Å². The van der Waals surface area contributed by atoms with Crippen molar-refractivity contribution < 1.29 is 14.3 Å². The molecule has 1 N–H and O–H groups in total. The number of carbonyl (C=O) groups is 1. The van der Waals surface area contributed by atoms with E-state index >= 15 is 0 Å². The van der Waals surface area contributed by atoms with E-state index in [0.717, 1.165) is 32.5 Å². The monoisotopic (exact) mass is 354 g/mol. The first kappa shape index (κ1) is 18.9. The summed E-state index contributed by atoms with van der Waals surface area (Å²) in [4.78, 5) is 14.8. The van der Waals surface area contributed by atoms with Crippen LogP contribution >= 0.6 is 12.4 Å². The molecule has 6 heteroatoms. The second-order valence-corrected chi connectivity index (χ2v) is 6.37. The van der Waals surface area contributed by atoms with E-state index in [4.69, 9.17) is 9.47 Å². The van der Waals surface area contributed by atoms with Gasteiger partial charge in [0.2, 0.25) is 0 Å². The third-order valence-electron chi connectivity index (χ3n) is 5.13. The zero-order valence-corrected chi connectivity index (χ0v) is 15.2. The summed E-state index contributed by atoms with van der Waals surface area (Å²) in [5.41, 5.74) is 0.587. The molecule has 1 amide bonds. The van der Waals surface area contributed by atoms with Gasteiger partial charge < -0.3 is 19.7 Å². The van der Waals surface area contributed by atoms with Gasteiger partial charge in [-0.05, 0) is 50.3 Å². The van der Waals surface area contributed by atoms with Gasteiger partial charge in [-0.15, -0.1) is 12.4 Å². The van der Waals surface area contributed by atoms with Gasteiger partial charge >= 0.3 is 0 Å². The van der Waals surface area contributed by atoms with E-state index in [1.165, 1.54) is 12.8 Å². The molecule has 2 fully saturated rings. The van der Waals surface area contributed by atoms with E-state index in [9.17, 15) is 4.79 Å². The molecule has 1 unspecified atom stereocenters. The number of likely N-dealkylation sites (tertiary alicyclic amines) is 1. The van der Waals surface area contributed by atoms with Gasteiger partial charge in [0, 0.05) is 19.1 Å². The molecule has 1 atom stereocenters. The molecule has 0 radical (unpaired) electrons. The van der Waals surface area contributed by atoms with Crippen molar-refractivity contribution in [2.24, 2.45) is 5.92 Å². The average Bonchev–Trinajstić information content (AvgIpc) is 3.15. The lowest BCUT2D eigenvalue weighted by molar-refractivity contribution is 0.0670. The van der Waals surface area contributed by atoms with Crippen LogP contribution in [0.15, 0.2) is 18.2 Å². The molecule has 0 aliphatic carbocycles. The van der Waals surface area contributed by atoms with Crippen LogP contribution in [-0.4, -0.2) is 50.7 Å². The third-order valence-corrected chi connectivity index (χ3v) is 5.13. The molecule has 2 saturated heterocycles. The molecule has 0 saturated carbocycles. The van der Waals surface area contributed by atoms with Crippen LogP contribution < -0.4 is 14.8 Å². The third kappa shape index (κ3) is 3.78. The Balaban J connectivity index is 0.00000208. The Labute approximate surface area is 150 Å². The van der Waals surface area contributed by atoms with Crippen LogP contribution in [0.1, 0.15) is 36.0 Å². The SMILES string of the molecule is COc1cccc(C(=O)N2CCC(C3CCCN3)CC2)c1OC.Cl. The second kappa shape index (κ2) is 8.58. The Kier molecular flexibility index (Phi) is 6.75. The molecule has 134 valence electrons. The maximum Gasteiger partial charge on any atom is 0.257 e. The highest BCUT2D eigenvalue weighted by Crippen LogP contribution is 2.33. The molecular formula is C18H27ClN2O3. The van der Waals surface area contributed by atoms with Crippen LogP contribution in [-0.2, 0) is 0 Å². The number of nitrogens with one attached hydrogen (secondary N) is 1. The number of para-hydroxylation sites is 1. The van der Waals surface area contributed by atoms with Crippen LogP contribution in [0.25, 0.3) is 0 Å². The zero-order chi connectivity index (χ0) is 16.2. The minimum absolute atomic E-state index is 0. The molecule has 2 aliphatic rings. The topological polar surface area (TPSA) is 50.8 Å². The highest BCUT2D eigenvalue weighted by molar-refractivity contribution is 5.97. The van der Waals surface area contributed by atoms with Gasteiger partial charge in [-0.25, -0.2) is 0 Å². The van der Waals surface area contributed by atoms with Crippen molar-refractivity contribution >= 4 is 18.3 Å². The number of benzene rings is 1. The van der Waals surface area contributed by atoms with Gasteiger partial charge in [-0.2, -0.15) is 0 Å². The number of rotatable bonds is 4. The fourth-order valence-electron chi connectivity index (χ4n) is 3.84. The predicted octanol–water partition coefficient (Wildman–Crippen LogP) is 2.73. The number of hydrogen-bond donors (Lipinski definition) is 1. The summed E-state index contributed by atoms with van der Waals surface area (Å²) in [6.45, 7) is 2.79. The first-order chi connectivity index (χ1) is 11.2. The summed E-state index contributed by atoms with van der Waals surface area (Å²) >= 11 is 0. The number of halogens is 1. The summed E-state index contributed by atoms with van der Waals surface area (Å²) in [5.74, 6) is 1.87. The minimum atomic E-state index is 0. The molecule has 3 rings (SSSR count). The first-order valence-corrected chi connectivity index (χ1v) is 8.48. The number of hydrogen-bond acceptors (Lipinski definition) is 4. The summed E-state index contributed by atoms with van der Waals surface area (Å²) in [6.07, 6.45) is 4.72. The van der Waals surface area contributed by atoms with E-state index < -0.39 is 0 Å². The van der Waals surface area contributed by atoms with E-state index in [0.29, 0.717) is 29.0 Å². The Morgan fingerprint density at radius 3 is 2.50 bits per heavy atom. The Bertz CT molecular complexity index is 553. The molecule has 5 nitrogen and oxygen atoms in total. The minimum Gasteiger partial charge on any atom is -0.493 e. The second-order valence-electron chi connectivity index (χ2n) is 6.37. The van der Waals surface area contributed by atoms with Crippen molar-refractivity contribution in [1.82, 2.24) is 10.2 Å². The number of carbonyl (C=O) groups excluding carboxylic acids is 1. The lowest BCUT2D eigenvalue weighted by atomic mass is 9.88. The van der Waals surface area contributed by atoms with Gasteiger partial charge in [-0.1, -0.05) is 6.07 Å². The Morgan fingerprint density at radius 2 is 1.92 bits per heavy atom. The van der Waals surface area contributed by atoms with Crippen LogP contribution in [0.2, 0.25) is 0 Å². The van der Waals surface area contributed by atoms with Crippen molar-refractivity contribution in [3.63, 3.8) is 0 Å². The van der Waals surface area contributed by atoms with Crippen molar-refractivity contribution in [3.8, 4) is 11.5 Å². The van der Waals surface area contributed by atoms with Crippen LogP contribution in [0.5, 0.6) is 11.5 Å². The van der Waals surface area contributed by atoms with Crippen molar-refractivity contribution in [1.29, 1.82) is 0 Å². The number of methoxy groups -OCH3 is 2.